The number of carbonyl (C=O) groups excluding carboxylic acids is 11. The number of carbonyl (C=O) groups is 13. The number of H-pyrrole nitrogens is 1. The molecule has 0 saturated carbocycles. The van der Waals surface area contributed by atoms with Gasteiger partial charge in [-0.15, -0.1) is 0 Å². The minimum Gasteiger partial charge on any atom is -0.481 e. The molecule has 0 bridgehead atoms. The second-order valence-electron chi connectivity index (χ2n) is 22.2. The first-order valence-electron chi connectivity index (χ1n) is 28.9. The Bertz CT molecular complexity index is 2820. The van der Waals surface area contributed by atoms with Crippen molar-refractivity contribution in [3.8, 4) is 0 Å². The van der Waals surface area contributed by atoms with Crippen molar-refractivity contribution < 1.29 is 72.5 Å². The number of nitrogens with two attached hydrogens (primary N) is 5. The van der Waals surface area contributed by atoms with Crippen LogP contribution in [0.2, 0.25) is 0 Å². The average molecular weight is 1260 g/mol. The van der Waals surface area contributed by atoms with E-state index in [2.05, 4.69) is 65.5 Å². The van der Waals surface area contributed by atoms with Crippen molar-refractivity contribution in [3.05, 3.63) is 36.0 Å². The number of amides is 11. The summed E-state index contributed by atoms with van der Waals surface area (Å²) in [7, 11) is 0. The molecule has 1 aromatic heterocycles. The summed E-state index contributed by atoms with van der Waals surface area (Å²) >= 11 is 4.06. The molecule has 2 heterocycles. The van der Waals surface area contributed by atoms with E-state index >= 15 is 0 Å². The summed E-state index contributed by atoms with van der Waals surface area (Å²) in [6, 6.07) is -8.01. The molecule has 0 aliphatic carbocycles. The van der Waals surface area contributed by atoms with Crippen molar-refractivity contribution in [2.24, 2.45) is 40.5 Å². The Morgan fingerprint density at radius 3 is 1.77 bits per heavy atom. The number of para-hydroxylation sites is 1. The summed E-state index contributed by atoms with van der Waals surface area (Å²) in [5, 5.41) is 50.2. The molecular formula is C55H87N17O15S. The van der Waals surface area contributed by atoms with Crippen LogP contribution in [0.4, 0.5) is 0 Å². The topological polar surface area (TPSA) is 544 Å². The number of aliphatic carboxylic acids is 2. The average Bonchev–Trinajstić information content (AvgIpc) is 4.02. The first-order chi connectivity index (χ1) is 41.5. The van der Waals surface area contributed by atoms with Gasteiger partial charge in [0.05, 0.1) is 18.9 Å². The van der Waals surface area contributed by atoms with Crippen LogP contribution in [0.5, 0.6) is 0 Å². The predicted octanol–water partition coefficient (Wildman–Crippen LogP) is -4.37. The molecule has 2 aromatic rings. The lowest BCUT2D eigenvalue weighted by Gasteiger charge is -2.32. The van der Waals surface area contributed by atoms with Crippen molar-refractivity contribution in [2.45, 2.75) is 172 Å². The molecule has 11 amide bonds. The Balaban J connectivity index is 1.93. The molecule has 23 N–H and O–H groups in total. The van der Waals surface area contributed by atoms with Crippen LogP contribution in [0.3, 0.4) is 0 Å². The van der Waals surface area contributed by atoms with Gasteiger partial charge in [-0.3, -0.25) is 62.9 Å². The van der Waals surface area contributed by atoms with Crippen molar-refractivity contribution in [1.29, 1.82) is 5.41 Å². The van der Waals surface area contributed by atoms with E-state index in [1.807, 2.05) is 0 Å². The minimum absolute atomic E-state index is 0.00276. The Morgan fingerprint density at radius 1 is 0.670 bits per heavy atom. The molecule has 0 unspecified atom stereocenters. The lowest BCUT2D eigenvalue weighted by atomic mass is 10.0. The number of hydrogen-bond donors (Lipinski definition) is 19. The van der Waals surface area contributed by atoms with E-state index < -0.39 is 175 Å². The van der Waals surface area contributed by atoms with Gasteiger partial charge < -0.3 is 96.6 Å². The van der Waals surface area contributed by atoms with E-state index in [1.165, 1.54) is 4.90 Å². The monoisotopic (exact) mass is 1260 g/mol. The normalized spacial score (nSPS) is 16.0. The van der Waals surface area contributed by atoms with Crippen LogP contribution in [0.1, 0.15) is 110 Å². The predicted molar refractivity (Wildman–Crippen MR) is 322 cm³/mol. The first kappa shape index (κ1) is 73.7. The Morgan fingerprint density at radius 2 is 1.20 bits per heavy atom. The molecule has 10 atom stereocenters. The summed E-state index contributed by atoms with van der Waals surface area (Å²) in [4.78, 5) is 179. The molecule has 1 aliphatic rings. The van der Waals surface area contributed by atoms with Gasteiger partial charge in [0.25, 0.3) is 0 Å². The van der Waals surface area contributed by atoms with Gasteiger partial charge >= 0.3 is 11.9 Å². The summed E-state index contributed by atoms with van der Waals surface area (Å²) in [6.45, 7) is 7.13. The highest BCUT2D eigenvalue weighted by Crippen LogP contribution is 2.23. The highest BCUT2D eigenvalue weighted by atomic mass is 32.1. The lowest BCUT2D eigenvalue weighted by molar-refractivity contribution is -0.143. The standard InChI is InChI=1S/C55H87N17O15S/c1-27(2)21-39(54(86)87)70-49(81)36(22-29-25-63-32-12-6-5-11-30(29)32)67-51(83)38(24-43(75)76)69-47(79)35(16-17-41(58)73)65-50(82)37(23-42(59)74)68-46(78)34(14-9-19-62-55(60)61)66-52(84)40-15-10-20-72(40)53(85)44(28(3)4)71-48(80)33(13-7-8-18-56)64-45(77)31(57)26-88/h5-6,11-12,25,27-28,31,33-40,44,63,88H,7-10,13-24,26,56-57H2,1-4H3,(H2,58,73)(H2,59,74)(H,64,77)(H,65,82)(H,66,84)(H,67,83)(H,68,78)(H,69,79)(H,70,81)(H,71,80)(H,75,76)(H,86,87)(H4,60,61,62)/t31-,33-,34-,35-,36-,37-,38-,39-,40-,44-/m0/s1. The molecule has 3 rings (SSSR count). The number of primary amides is 2. The van der Waals surface area contributed by atoms with Gasteiger partial charge in [-0.1, -0.05) is 45.9 Å². The first-order valence-corrected chi connectivity index (χ1v) is 29.5. The summed E-state index contributed by atoms with van der Waals surface area (Å²) in [5.74, 6) is -15.1. The number of aromatic nitrogens is 1. The van der Waals surface area contributed by atoms with Gasteiger partial charge in [0, 0.05) is 48.8 Å². The fourth-order valence-corrected chi connectivity index (χ4v) is 9.74. The fraction of sp³-hybridized carbons (Fsp3) is 0.600. The van der Waals surface area contributed by atoms with Gasteiger partial charge in [0.15, 0.2) is 5.96 Å². The third-order valence-corrected chi connectivity index (χ3v) is 14.6. The number of carboxylic acid groups (broad SMARTS) is 2. The fourth-order valence-electron chi connectivity index (χ4n) is 9.57. The van der Waals surface area contributed by atoms with E-state index in [1.54, 1.807) is 58.2 Å². The number of benzene rings is 1. The molecule has 32 nitrogen and oxygen atoms in total. The number of fused-ring (bicyclic) bond motifs is 1. The largest absolute Gasteiger partial charge is 0.481 e. The molecule has 488 valence electrons. The summed E-state index contributed by atoms with van der Waals surface area (Å²) < 4.78 is 0. The van der Waals surface area contributed by atoms with Crippen molar-refractivity contribution in [3.63, 3.8) is 0 Å². The van der Waals surface area contributed by atoms with Gasteiger partial charge in [0.2, 0.25) is 65.0 Å². The van der Waals surface area contributed by atoms with E-state index in [0.717, 1.165) is 0 Å². The van der Waals surface area contributed by atoms with Crippen molar-refractivity contribution in [2.75, 3.05) is 25.4 Å². The van der Waals surface area contributed by atoms with Crippen molar-refractivity contribution in [1.82, 2.24) is 57.7 Å². The molecule has 1 aromatic carbocycles. The van der Waals surface area contributed by atoms with E-state index in [4.69, 9.17) is 34.1 Å². The zero-order valence-electron chi connectivity index (χ0n) is 49.8. The van der Waals surface area contributed by atoms with Crippen LogP contribution >= 0.6 is 12.6 Å². The SMILES string of the molecule is CC(C)C[C@H](NC(=O)[C@H](Cc1c[nH]c2ccccc12)NC(=O)[C@H](CC(=O)O)NC(=O)[C@H](CCC(N)=O)NC(=O)[C@H](CC(N)=O)NC(=O)[C@H](CCCNC(=N)N)NC(=O)[C@@H]1CCCN1C(=O)[C@@H](NC(=O)[C@H](CCCCN)NC(=O)[C@@H](N)CS)C(C)C)C(=O)O. The van der Waals surface area contributed by atoms with Gasteiger partial charge in [-0.05, 0) is 87.8 Å². The third-order valence-electron chi connectivity index (χ3n) is 14.2. The quantitative estimate of drug-likeness (QED) is 0.0130. The molecular weight excluding hydrogens is 1170 g/mol. The molecule has 88 heavy (non-hydrogen) atoms. The minimum atomic E-state index is -2.02. The number of nitrogens with one attached hydrogen (secondary N) is 11. The zero-order valence-corrected chi connectivity index (χ0v) is 50.7. The van der Waals surface area contributed by atoms with Crippen LogP contribution < -0.4 is 76.5 Å². The maximum atomic E-state index is 14.4. The molecule has 33 heteroatoms. The number of rotatable bonds is 39. The maximum absolute atomic E-state index is 14.4. The number of nitrogens with zero attached hydrogens (tertiary/aromatic N) is 1. The lowest BCUT2D eigenvalue weighted by Crippen LogP contribution is -2.61. The molecule has 0 radical (unpaired) electrons. The number of likely N-dealkylation sites (tertiary alicyclic amines) is 1. The number of aromatic amines is 1. The molecule has 1 fully saturated rings. The number of unbranched alkanes of at least 4 members (excludes halogenated alkanes) is 1. The van der Waals surface area contributed by atoms with E-state index in [0.29, 0.717) is 42.3 Å². The third kappa shape index (κ3) is 24.3. The van der Waals surface area contributed by atoms with Gasteiger partial charge in [0.1, 0.15) is 54.4 Å². The zero-order chi connectivity index (χ0) is 65.9. The second kappa shape index (κ2) is 36.5. The van der Waals surface area contributed by atoms with Crippen LogP contribution in [0.25, 0.3) is 10.9 Å². The molecule has 0 spiro atoms. The van der Waals surface area contributed by atoms with E-state index in [-0.39, 0.29) is 63.3 Å². The van der Waals surface area contributed by atoms with Crippen LogP contribution in [0.15, 0.2) is 30.5 Å². The highest BCUT2D eigenvalue weighted by Gasteiger charge is 2.42. The number of guanidine groups is 1. The Labute approximate surface area is 513 Å². The Kier molecular flexibility index (Phi) is 30.6. The second-order valence-corrected chi connectivity index (χ2v) is 22.6. The van der Waals surface area contributed by atoms with Gasteiger partial charge in [-0.25, -0.2) is 4.79 Å². The number of carboxylic acids is 2. The number of hydrogen-bond acceptors (Lipinski definition) is 17. The van der Waals surface area contributed by atoms with Crippen LogP contribution in [-0.2, 0) is 68.7 Å². The smallest absolute Gasteiger partial charge is 0.326 e. The maximum Gasteiger partial charge on any atom is 0.326 e. The molecule has 1 saturated heterocycles. The van der Waals surface area contributed by atoms with Gasteiger partial charge in [-0.2, -0.15) is 12.6 Å². The Hall–Kier alpha value is -8.59. The van der Waals surface area contributed by atoms with E-state index in [9.17, 15) is 72.5 Å². The van der Waals surface area contributed by atoms with Crippen molar-refractivity contribution >= 4 is 106 Å². The number of thiol groups is 1. The van der Waals surface area contributed by atoms with Crippen LogP contribution in [-0.4, -0.2) is 189 Å². The highest BCUT2D eigenvalue weighted by molar-refractivity contribution is 7.80. The van der Waals surface area contributed by atoms with Crippen LogP contribution in [0, 0.1) is 17.2 Å². The summed E-state index contributed by atoms with van der Waals surface area (Å²) in [5.41, 5.74) is 29.0. The summed E-state index contributed by atoms with van der Waals surface area (Å²) in [6.07, 6.45) is -0.633. The molecule has 1 aliphatic heterocycles.